The lowest BCUT2D eigenvalue weighted by molar-refractivity contribution is 0.0684. The number of carboxylic acid groups (broad SMARTS) is 1. The third kappa shape index (κ3) is 3.14. The number of carboxylic acids is 1. The molecule has 1 fully saturated rings. The van der Waals surface area contributed by atoms with E-state index in [4.69, 9.17) is 10.2 Å². The Morgan fingerprint density at radius 2 is 2.20 bits per heavy atom. The maximum atomic E-state index is 12.4. The first kappa shape index (κ1) is 14.5. The number of nitrogens with zero attached hydrogens (tertiary/aromatic N) is 2. The molecule has 2 N–H and O–H groups in total. The lowest BCUT2D eigenvalue weighted by atomic mass is 10.1. The topological polar surface area (TPSA) is 90.7 Å². The molecular formula is C14H18N2O4. The summed E-state index contributed by atoms with van der Waals surface area (Å²) in [6, 6.07) is 3.00. The minimum Gasteiger partial charge on any atom is -0.477 e. The molecule has 1 unspecified atom stereocenters. The number of carbonyl (C=O) groups is 2. The number of hydrogen-bond donors (Lipinski definition) is 2. The molecule has 6 heteroatoms. The van der Waals surface area contributed by atoms with Crippen LogP contribution < -0.4 is 0 Å². The number of pyridine rings is 1. The summed E-state index contributed by atoms with van der Waals surface area (Å²) >= 11 is 0. The highest BCUT2D eigenvalue weighted by Gasteiger charge is 2.29. The molecule has 1 aromatic rings. The molecule has 6 nitrogen and oxygen atoms in total. The van der Waals surface area contributed by atoms with Gasteiger partial charge in [0.05, 0.1) is 5.56 Å². The van der Waals surface area contributed by atoms with Crippen LogP contribution in [0.5, 0.6) is 0 Å². The number of aliphatic hydroxyl groups is 1. The first-order valence-corrected chi connectivity index (χ1v) is 6.74. The average molecular weight is 278 g/mol. The Balaban J connectivity index is 2.07. The van der Waals surface area contributed by atoms with E-state index in [1.54, 1.807) is 4.90 Å². The van der Waals surface area contributed by atoms with Crippen LogP contribution >= 0.6 is 0 Å². The van der Waals surface area contributed by atoms with Crippen molar-refractivity contribution in [3.05, 3.63) is 29.6 Å². The number of aliphatic hydroxyl groups excluding tert-OH is 1. The lowest BCUT2D eigenvalue weighted by Crippen LogP contribution is -2.35. The second kappa shape index (κ2) is 6.47. The second-order valence-corrected chi connectivity index (χ2v) is 4.90. The van der Waals surface area contributed by atoms with E-state index in [-0.39, 0.29) is 24.2 Å². The van der Waals surface area contributed by atoms with Gasteiger partial charge in [0.1, 0.15) is 5.69 Å². The summed E-state index contributed by atoms with van der Waals surface area (Å²) in [6.45, 7) is 0.836. The van der Waals surface area contributed by atoms with Crippen LogP contribution in [0.15, 0.2) is 18.3 Å². The van der Waals surface area contributed by atoms with Crippen molar-refractivity contribution in [3.8, 4) is 0 Å². The minimum absolute atomic E-state index is 0.0696. The quantitative estimate of drug-likeness (QED) is 0.843. The molecule has 1 saturated heterocycles. The van der Waals surface area contributed by atoms with Crippen molar-refractivity contribution >= 4 is 11.9 Å². The molecule has 0 aliphatic carbocycles. The fourth-order valence-corrected chi connectivity index (χ4v) is 2.54. The van der Waals surface area contributed by atoms with E-state index in [0.717, 1.165) is 19.3 Å². The SMILES string of the molecule is O=C(O)c1ccc(C(=O)N2CCCC2CCCO)cn1. The Hall–Kier alpha value is -1.95. The third-order valence-corrected chi connectivity index (χ3v) is 3.56. The smallest absolute Gasteiger partial charge is 0.354 e. The predicted octanol–water partition coefficient (Wildman–Crippen LogP) is 1.16. The normalized spacial score (nSPS) is 18.2. The summed E-state index contributed by atoms with van der Waals surface area (Å²) in [5, 5.41) is 17.7. The zero-order valence-electron chi connectivity index (χ0n) is 11.2. The van der Waals surface area contributed by atoms with Gasteiger partial charge in [-0.25, -0.2) is 9.78 Å². The first-order valence-electron chi connectivity index (χ1n) is 6.74. The Kier molecular flexibility index (Phi) is 4.68. The van der Waals surface area contributed by atoms with E-state index < -0.39 is 5.97 Å². The molecule has 0 bridgehead atoms. The van der Waals surface area contributed by atoms with Gasteiger partial charge in [0.2, 0.25) is 0 Å². The molecule has 108 valence electrons. The standard InChI is InChI=1S/C14H18N2O4/c17-8-2-4-11-3-1-7-16(11)13(18)10-5-6-12(14(19)20)15-9-10/h5-6,9,11,17H,1-4,7-8H2,(H,19,20). The number of likely N-dealkylation sites (tertiary alicyclic amines) is 1. The van der Waals surface area contributed by atoms with Crippen molar-refractivity contribution in [1.82, 2.24) is 9.88 Å². The van der Waals surface area contributed by atoms with Crippen molar-refractivity contribution in [2.24, 2.45) is 0 Å². The van der Waals surface area contributed by atoms with Gasteiger partial charge in [-0.05, 0) is 37.8 Å². The molecule has 0 spiro atoms. The Bertz CT molecular complexity index is 486. The maximum absolute atomic E-state index is 12.4. The summed E-state index contributed by atoms with van der Waals surface area (Å²) in [5.74, 6) is -1.22. The molecule has 0 radical (unpaired) electrons. The van der Waals surface area contributed by atoms with Crippen LogP contribution in [0.3, 0.4) is 0 Å². The second-order valence-electron chi connectivity index (χ2n) is 4.90. The number of aromatic nitrogens is 1. The van der Waals surface area contributed by atoms with Gasteiger partial charge in [-0.2, -0.15) is 0 Å². The fraction of sp³-hybridized carbons (Fsp3) is 0.500. The highest BCUT2D eigenvalue weighted by atomic mass is 16.4. The molecule has 20 heavy (non-hydrogen) atoms. The van der Waals surface area contributed by atoms with E-state index >= 15 is 0 Å². The van der Waals surface area contributed by atoms with Gasteiger partial charge >= 0.3 is 5.97 Å². The van der Waals surface area contributed by atoms with Crippen molar-refractivity contribution in [2.75, 3.05) is 13.2 Å². The number of rotatable bonds is 5. The molecule has 1 aromatic heterocycles. The van der Waals surface area contributed by atoms with Crippen LogP contribution in [0.2, 0.25) is 0 Å². The van der Waals surface area contributed by atoms with Gasteiger partial charge in [-0.1, -0.05) is 0 Å². The van der Waals surface area contributed by atoms with Crippen LogP contribution in [0.25, 0.3) is 0 Å². The van der Waals surface area contributed by atoms with Crippen LogP contribution in [0.1, 0.15) is 46.5 Å². The Morgan fingerprint density at radius 3 is 2.80 bits per heavy atom. The molecular weight excluding hydrogens is 260 g/mol. The third-order valence-electron chi connectivity index (χ3n) is 3.56. The number of aromatic carboxylic acids is 1. The van der Waals surface area contributed by atoms with Gasteiger partial charge in [-0.15, -0.1) is 0 Å². The van der Waals surface area contributed by atoms with Crippen molar-refractivity contribution in [2.45, 2.75) is 31.7 Å². The number of carbonyl (C=O) groups excluding carboxylic acids is 1. The predicted molar refractivity (Wildman–Crippen MR) is 71.6 cm³/mol. The summed E-state index contributed by atoms with van der Waals surface area (Å²) in [4.78, 5) is 28.7. The summed E-state index contributed by atoms with van der Waals surface area (Å²) < 4.78 is 0. The van der Waals surface area contributed by atoms with E-state index in [0.29, 0.717) is 18.5 Å². The monoisotopic (exact) mass is 278 g/mol. The number of hydrogen-bond acceptors (Lipinski definition) is 4. The van der Waals surface area contributed by atoms with Crippen molar-refractivity contribution in [3.63, 3.8) is 0 Å². The molecule has 1 aliphatic heterocycles. The van der Waals surface area contributed by atoms with Gasteiger partial charge in [0.25, 0.3) is 5.91 Å². The van der Waals surface area contributed by atoms with E-state index in [1.807, 2.05) is 0 Å². The van der Waals surface area contributed by atoms with Crippen molar-refractivity contribution < 1.29 is 19.8 Å². The maximum Gasteiger partial charge on any atom is 0.354 e. The summed E-state index contributed by atoms with van der Waals surface area (Å²) in [5.41, 5.74) is 0.339. The van der Waals surface area contributed by atoms with Crippen LogP contribution in [0, 0.1) is 0 Å². The molecule has 0 saturated carbocycles. The van der Waals surface area contributed by atoms with Crippen LogP contribution in [0.4, 0.5) is 0 Å². The zero-order chi connectivity index (χ0) is 14.5. The molecule has 2 rings (SSSR count). The van der Waals surface area contributed by atoms with Gasteiger partial charge < -0.3 is 15.1 Å². The van der Waals surface area contributed by atoms with E-state index in [9.17, 15) is 9.59 Å². The summed E-state index contributed by atoms with van der Waals surface area (Å²) in [6.07, 6.45) is 4.70. The lowest BCUT2D eigenvalue weighted by Gasteiger charge is -2.24. The van der Waals surface area contributed by atoms with E-state index in [2.05, 4.69) is 4.98 Å². The Labute approximate surface area is 117 Å². The van der Waals surface area contributed by atoms with Crippen molar-refractivity contribution in [1.29, 1.82) is 0 Å². The highest BCUT2D eigenvalue weighted by molar-refractivity contribution is 5.95. The molecule has 2 heterocycles. The van der Waals surface area contributed by atoms with Crippen LogP contribution in [-0.2, 0) is 0 Å². The van der Waals surface area contributed by atoms with Gasteiger partial charge in [-0.3, -0.25) is 4.79 Å². The van der Waals surface area contributed by atoms with E-state index in [1.165, 1.54) is 18.3 Å². The number of amides is 1. The van der Waals surface area contributed by atoms with Crippen LogP contribution in [-0.4, -0.2) is 51.2 Å². The molecule has 1 aliphatic rings. The first-order chi connectivity index (χ1) is 9.63. The highest BCUT2D eigenvalue weighted by Crippen LogP contribution is 2.23. The average Bonchev–Trinajstić information content (AvgIpc) is 2.92. The fourth-order valence-electron chi connectivity index (χ4n) is 2.54. The molecule has 1 atom stereocenters. The summed E-state index contributed by atoms with van der Waals surface area (Å²) in [7, 11) is 0. The van der Waals surface area contributed by atoms with Gasteiger partial charge in [0.15, 0.2) is 0 Å². The largest absolute Gasteiger partial charge is 0.477 e. The minimum atomic E-state index is -1.11. The molecule has 1 amide bonds. The Morgan fingerprint density at radius 1 is 1.40 bits per heavy atom. The zero-order valence-corrected chi connectivity index (χ0v) is 11.2. The van der Waals surface area contributed by atoms with Gasteiger partial charge in [0, 0.05) is 25.4 Å². The molecule has 0 aromatic carbocycles.